The second-order valence-electron chi connectivity index (χ2n) is 7.68. The van der Waals surface area contributed by atoms with E-state index in [4.69, 9.17) is 9.47 Å². The number of ether oxygens (including phenoxy) is 2. The minimum Gasteiger partial charge on any atom is -0.493 e. The summed E-state index contributed by atoms with van der Waals surface area (Å²) in [5.74, 6) is 1.42. The van der Waals surface area contributed by atoms with Gasteiger partial charge in [0.15, 0.2) is 11.5 Å². The smallest absolute Gasteiger partial charge is 0.318 e. The van der Waals surface area contributed by atoms with Gasteiger partial charge in [-0.3, -0.25) is 0 Å². The Kier molecular flexibility index (Phi) is 5.60. The third-order valence-corrected chi connectivity index (χ3v) is 5.57. The van der Waals surface area contributed by atoms with E-state index in [-0.39, 0.29) is 11.4 Å². The normalized spacial score (nSPS) is 13.9. The average Bonchev–Trinajstić information content (AvgIpc) is 3.14. The van der Waals surface area contributed by atoms with Crippen LogP contribution in [0.15, 0.2) is 17.5 Å². The minimum atomic E-state index is -0.0667. The third-order valence-electron chi connectivity index (χ3n) is 4.72. The number of carbonyl (C=O) groups excluding carboxylic acids is 1. The van der Waals surface area contributed by atoms with E-state index in [0.29, 0.717) is 25.4 Å². The van der Waals surface area contributed by atoms with Crippen molar-refractivity contribution in [3.8, 4) is 11.5 Å². The molecule has 7 heteroatoms. The van der Waals surface area contributed by atoms with Crippen molar-refractivity contribution in [3.63, 3.8) is 0 Å². The lowest BCUT2D eigenvalue weighted by atomic mass is 9.93. The molecule has 2 heterocycles. The van der Waals surface area contributed by atoms with Crippen LogP contribution in [0.25, 0.3) is 0 Å². The second-order valence-corrected chi connectivity index (χ2v) is 8.63. The predicted molar refractivity (Wildman–Crippen MR) is 107 cm³/mol. The van der Waals surface area contributed by atoms with Gasteiger partial charge in [0.05, 0.1) is 26.5 Å². The van der Waals surface area contributed by atoms with E-state index >= 15 is 0 Å². The van der Waals surface area contributed by atoms with E-state index in [1.54, 1.807) is 25.6 Å². The summed E-state index contributed by atoms with van der Waals surface area (Å²) in [6, 6.07) is 3.90. The van der Waals surface area contributed by atoms with Crippen LogP contribution in [-0.4, -0.2) is 36.7 Å². The Labute approximate surface area is 164 Å². The zero-order valence-corrected chi connectivity index (χ0v) is 17.4. The number of hydrogen-bond acceptors (Lipinski definition) is 5. The Bertz CT molecular complexity index is 826. The molecule has 0 bridgehead atoms. The molecule has 1 N–H and O–H groups in total. The second kappa shape index (κ2) is 7.76. The van der Waals surface area contributed by atoms with Gasteiger partial charge in [-0.2, -0.15) is 0 Å². The molecule has 2 aromatic rings. The Morgan fingerprint density at radius 1 is 1.22 bits per heavy atom. The summed E-state index contributed by atoms with van der Waals surface area (Å²) < 4.78 is 10.7. The number of urea groups is 1. The number of benzene rings is 1. The summed E-state index contributed by atoms with van der Waals surface area (Å²) in [5.41, 5.74) is 3.38. The zero-order valence-electron chi connectivity index (χ0n) is 16.6. The minimum absolute atomic E-state index is 0.0233. The van der Waals surface area contributed by atoms with Crippen LogP contribution in [-0.2, 0) is 24.9 Å². The summed E-state index contributed by atoms with van der Waals surface area (Å²) in [5, 5.41) is 5.99. The highest BCUT2D eigenvalue weighted by atomic mass is 32.1. The SMILES string of the molecule is COc1cc2c(cc1OC)CN(C(=O)NCc1nc(C(C)(C)C)cs1)CC2. The van der Waals surface area contributed by atoms with E-state index in [2.05, 4.69) is 36.5 Å². The molecular weight excluding hydrogens is 362 g/mol. The number of thiazole rings is 1. The molecule has 1 aliphatic heterocycles. The number of rotatable bonds is 4. The van der Waals surface area contributed by atoms with Crippen LogP contribution < -0.4 is 14.8 Å². The van der Waals surface area contributed by atoms with Crippen molar-refractivity contribution in [2.75, 3.05) is 20.8 Å². The molecule has 0 aliphatic carbocycles. The molecule has 27 heavy (non-hydrogen) atoms. The van der Waals surface area contributed by atoms with Crippen molar-refractivity contribution in [1.82, 2.24) is 15.2 Å². The van der Waals surface area contributed by atoms with Crippen LogP contribution in [0.2, 0.25) is 0 Å². The summed E-state index contributed by atoms with van der Waals surface area (Å²) in [4.78, 5) is 19.1. The van der Waals surface area contributed by atoms with Gasteiger partial charge in [-0.05, 0) is 29.7 Å². The highest BCUT2D eigenvalue weighted by Crippen LogP contribution is 2.33. The fourth-order valence-corrected chi connectivity index (χ4v) is 4.02. The van der Waals surface area contributed by atoms with E-state index in [0.717, 1.165) is 28.4 Å². The first-order valence-electron chi connectivity index (χ1n) is 9.03. The van der Waals surface area contributed by atoms with E-state index in [9.17, 15) is 4.79 Å². The first-order valence-corrected chi connectivity index (χ1v) is 9.91. The summed E-state index contributed by atoms with van der Waals surface area (Å²) in [6.45, 7) is 8.11. The molecule has 0 saturated carbocycles. The maximum Gasteiger partial charge on any atom is 0.318 e. The van der Waals surface area contributed by atoms with Crippen molar-refractivity contribution in [2.24, 2.45) is 0 Å². The fraction of sp³-hybridized carbons (Fsp3) is 0.500. The topological polar surface area (TPSA) is 63.7 Å². The molecule has 0 atom stereocenters. The molecule has 1 aliphatic rings. The first-order chi connectivity index (χ1) is 12.8. The molecule has 6 nitrogen and oxygen atoms in total. The largest absolute Gasteiger partial charge is 0.493 e. The first kappa shape index (κ1) is 19.5. The summed E-state index contributed by atoms with van der Waals surface area (Å²) in [6.07, 6.45) is 0.800. The summed E-state index contributed by atoms with van der Waals surface area (Å²) >= 11 is 1.59. The van der Waals surface area contributed by atoms with Crippen molar-refractivity contribution in [1.29, 1.82) is 0 Å². The van der Waals surface area contributed by atoms with Gasteiger partial charge in [-0.15, -0.1) is 11.3 Å². The Balaban J connectivity index is 1.63. The van der Waals surface area contributed by atoms with Crippen LogP contribution in [0.4, 0.5) is 4.79 Å². The van der Waals surface area contributed by atoms with Gasteiger partial charge in [-0.25, -0.2) is 9.78 Å². The highest BCUT2D eigenvalue weighted by Gasteiger charge is 2.23. The van der Waals surface area contributed by atoms with Crippen LogP contribution >= 0.6 is 11.3 Å². The van der Waals surface area contributed by atoms with Gasteiger partial charge in [0.25, 0.3) is 0 Å². The molecule has 0 fully saturated rings. The molecule has 0 saturated heterocycles. The Morgan fingerprint density at radius 2 is 1.89 bits per heavy atom. The third kappa shape index (κ3) is 4.35. The number of aromatic nitrogens is 1. The molecule has 146 valence electrons. The maximum atomic E-state index is 12.6. The zero-order chi connectivity index (χ0) is 19.6. The van der Waals surface area contributed by atoms with Crippen molar-refractivity contribution < 1.29 is 14.3 Å². The lowest BCUT2D eigenvalue weighted by Crippen LogP contribution is -2.42. The van der Waals surface area contributed by atoms with Gasteiger partial charge >= 0.3 is 6.03 Å². The average molecular weight is 390 g/mol. The van der Waals surface area contributed by atoms with Crippen molar-refractivity contribution >= 4 is 17.4 Å². The molecule has 3 rings (SSSR count). The number of carbonyl (C=O) groups is 1. The molecule has 0 spiro atoms. The quantitative estimate of drug-likeness (QED) is 0.865. The summed E-state index contributed by atoms with van der Waals surface area (Å²) in [7, 11) is 3.26. The van der Waals surface area contributed by atoms with Gasteiger partial charge < -0.3 is 19.7 Å². The maximum absolute atomic E-state index is 12.6. The standard InChI is InChI=1S/C20H27N3O3S/c1-20(2,3)17-12-27-18(22-17)10-21-19(24)23-7-6-13-8-15(25-4)16(26-5)9-14(13)11-23/h8-9,12H,6-7,10-11H2,1-5H3,(H,21,24). The van der Waals surface area contributed by atoms with Crippen LogP contribution in [0.1, 0.15) is 42.6 Å². The predicted octanol–water partition coefficient (Wildman–Crippen LogP) is 3.73. The molecular formula is C20H27N3O3S. The van der Waals surface area contributed by atoms with Crippen LogP contribution in [0.5, 0.6) is 11.5 Å². The molecule has 2 amide bonds. The molecule has 1 aromatic heterocycles. The number of fused-ring (bicyclic) bond motifs is 1. The molecule has 0 radical (unpaired) electrons. The van der Waals surface area contributed by atoms with Crippen molar-refractivity contribution in [3.05, 3.63) is 39.3 Å². The monoisotopic (exact) mass is 389 g/mol. The fourth-order valence-electron chi connectivity index (χ4n) is 3.06. The van der Waals surface area contributed by atoms with Gasteiger partial charge in [0.1, 0.15) is 5.01 Å². The number of nitrogens with zero attached hydrogens (tertiary/aromatic N) is 2. The molecule has 1 aromatic carbocycles. The lowest BCUT2D eigenvalue weighted by molar-refractivity contribution is 0.191. The lowest BCUT2D eigenvalue weighted by Gasteiger charge is -2.29. The van der Waals surface area contributed by atoms with E-state index < -0.39 is 0 Å². The number of methoxy groups -OCH3 is 2. The van der Waals surface area contributed by atoms with Crippen molar-refractivity contribution in [2.45, 2.75) is 45.7 Å². The number of hydrogen-bond donors (Lipinski definition) is 1. The molecule has 0 unspecified atom stereocenters. The number of amides is 2. The van der Waals surface area contributed by atoms with Gasteiger partial charge in [0.2, 0.25) is 0 Å². The Hall–Kier alpha value is -2.28. The van der Waals surface area contributed by atoms with E-state index in [1.165, 1.54) is 5.56 Å². The van der Waals surface area contributed by atoms with Gasteiger partial charge in [0, 0.05) is 23.9 Å². The highest BCUT2D eigenvalue weighted by molar-refractivity contribution is 7.09. The Morgan fingerprint density at radius 3 is 2.48 bits per heavy atom. The van der Waals surface area contributed by atoms with Gasteiger partial charge in [-0.1, -0.05) is 20.8 Å². The van der Waals surface area contributed by atoms with Crippen LogP contribution in [0, 0.1) is 0 Å². The van der Waals surface area contributed by atoms with E-state index in [1.807, 2.05) is 17.0 Å². The number of nitrogens with one attached hydrogen (secondary N) is 1. The van der Waals surface area contributed by atoms with Crippen LogP contribution in [0.3, 0.4) is 0 Å².